The first-order valence-corrected chi connectivity index (χ1v) is 5.30. The minimum Gasteiger partial charge on any atom is -0.480 e. The van der Waals surface area contributed by atoms with Crippen molar-refractivity contribution in [2.75, 3.05) is 26.2 Å². The fourth-order valence-corrected chi connectivity index (χ4v) is 1.67. The van der Waals surface area contributed by atoms with E-state index in [0.717, 1.165) is 13.1 Å². The van der Waals surface area contributed by atoms with E-state index in [1.807, 2.05) is 4.90 Å². The van der Waals surface area contributed by atoms with E-state index in [1.54, 1.807) is 13.8 Å². The number of carbonyl (C=O) groups is 1. The molecule has 0 aliphatic carbocycles. The van der Waals surface area contributed by atoms with E-state index in [4.69, 9.17) is 5.11 Å². The SMILES string of the molecule is CC(C)(O)CCN1CCNCC1C(=O)O. The summed E-state index contributed by atoms with van der Waals surface area (Å²) in [5, 5.41) is 21.6. The van der Waals surface area contributed by atoms with Crippen molar-refractivity contribution >= 4 is 5.97 Å². The Morgan fingerprint density at radius 3 is 2.80 bits per heavy atom. The van der Waals surface area contributed by atoms with Gasteiger partial charge >= 0.3 is 5.97 Å². The number of carboxylic acids is 1. The van der Waals surface area contributed by atoms with E-state index in [0.29, 0.717) is 19.5 Å². The van der Waals surface area contributed by atoms with E-state index in [1.165, 1.54) is 0 Å². The minimum atomic E-state index is -0.794. The Bertz CT molecular complexity index is 225. The third-order valence-corrected chi connectivity index (χ3v) is 2.65. The zero-order valence-corrected chi connectivity index (χ0v) is 9.36. The predicted octanol–water partition coefficient (Wildman–Crippen LogP) is -0.494. The van der Waals surface area contributed by atoms with Crippen molar-refractivity contribution < 1.29 is 15.0 Å². The molecule has 1 heterocycles. The van der Waals surface area contributed by atoms with Gasteiger partial charge in [-0.25, -0.2) is 0 Å². The number of hydrogen-bond acceptors (Lipinski definition) is 4. The average Bonchev–Trinajstić information content (AvgIpc) is 2.14. The molecular weight excluding hydrogens is 196 g/mol. The molecule has 3 N–H and O–H groups in total. The molecule has 1 fully saturated rings. The summed E-state index contributed by atoms with van der Waals surface area (Å²) in [6.07, 6.45) is 0.594. The highest BCUT2D eigenvalue weighted by Gasteiger charge is 2.29. The van der Waals surface area contributed by atoms with Gasteiger partial charge in [0.2, 0.25) is 0 Å². The maximum atomic E-state index is 10.9. The van der Waals surface area contributed by atoms with Gasteiger partial charge in [0, 0.05) is 26.2 Å². The van der Waals surface area contributed by atoms with Crippen LogP contribution >= 0.6 is 0 Å². The number of rotatable bonds is 4. The molecule has 5 heteroatoms. The minimum absolute atomic E-state index is 0.457. The first-order valence-electron chi connectivity index (χ1n) is 5.30. The summed E-state index contributed by atoms with van der Waals surface area (Å²) < 4.78 is 0. The highest BCUT2D eigenvalue weighted by Crippen LogP contribution is 2.11. The lowest BCUT2D eigenvalue weighted by Crippen LogP contribution is -2.55. The maximum absolute atomic E-state index is 10.9. The normalized spacial score (nSPS) is 24.1. The lowest BCUT2D eigenvalue weighted by atomic mass is 10.0. The second-order valence-electron chi connectivity index (χ2n) is 4.66. The maximum Gasteiger partial charge on any atom is 0.322 e. The van der Waals surface area contributed by atoms with Crippen molar-refractivity contribution in [3.05, 3.63) is 0 Å². The highest BCUT2D eigenvalue weighted by atomic mass is 16.4. The van der Waals surface area contributed by atoms with Crippen molar-refractivity contribution in [3.63, 3.8) is 0 Å². The molecule has 0 radical (unpaired) electrons. The van der Waals surface area contributed by atoms with Crippen LogP contribution in [0.4, 0.5) is 0 Å². The predicted molar refractivity (Wildman–Crippen MR) is 56.8 cm³/mol. The van der Waals surface area contributed by atoms with Crippen molar-refractivity contribution in [2.24, 2.45) is 0 Å². The number of carboxylic acid groups (broad SMARTS) is 1. The van der Waals surface area contributed by atoms with E-state index in [-0.39, 0.29) is 0 Å². The topological polar surface area (TPSA) is 72.8 Å². The molecule has 0 amide bonds. The summed E-state index contributed by atoms with van der Waals surface area (Å²) in [6.45, 7) is 6.14. The van der Waals surface area contributed by atoms with Crippen LogP contribution in [0, 0.1) is 0 Å². The molecule has 0 saturated carbocycles. The van der Waals surface area contributed by atoms with Gasteiger partial charge in [-0.2, -0.15) is 0 Å². The fourth-order valence-electron chi connectivity index (χ4n) is 1.67. The molecule has 15 heavy (non-hydrogen) atoms. The summed E-state index contributed by atoms with van der Waals surface area (Å²) >= 11 is 0. The van der Waals surface area contributed by atoms with Crippen LogP contribution in [0.2, 0.25) is 0 Å². The molecule has 88 valence electrons. The van der Waals surface area contributed by atoms with Crippen LogP contribution in [0.5, 0.6) is 0 Å². The van der Waals surface area contributed by atoms with E-state index >= 15 is 0 Å². The molecule has 1 aliphatic rings. The Hall–Kier alpha value is -0.650. The molecule has 0 aromatic heterocycles. The van der Waals surface area contributed by atoms with E-state index < -0.39 is 17.6 Å². The van der Waals surface area contributed by atoms with Crippen LogP contribution in [0.1, 0.15) is 20.3 Å². The summed E-state index contributed by atoms with van der Waals surface area (Å²) in [5.74, 6) is -0.794. The average molecular weight is 216 g/mol. The Labute approximate surface area is 90.1 Å². The van der Waals surface area contributed by atoms with Crippen LogP contribution in [-0.4, -0.2) is 58.9 Å². The lowest BCUT2D eigenvalue weighted by molar-refractivity contribution is -0.144. The molecule has 1 aliphatic heterocycles. The summed E-state index contributed by atoms with van der Waals surface area (Å²) in [6, 6.07) is -0.457. The second kappa shape index (κ2) is 4.92. The second-order valence-corrected chi connectivity index (χ2v) is 4.66. The van der Waals surface area contributed by atoms with Crippen LogP contribution in [-0.2, 0) is 4.79 Å². The molecule has 1 rings (SSSR count). The smallest absolute Gasteiger partial charge is 0.322 e. The number of piperazine rings is 1. The van der Waals surface area contributed by atoms with Gasteiger partial charge < -0.3 is 15.5 Å². The number of nitrogens with one attached hydrogen (secondary N) is 1. The van der Waals surface area contributed by atoms with Gasteiger partial charge in [-0.1, -0.05) is 0 Å². The Morgan fingerprint density at radius 2 is 2.27 bits per heavy atom. The lowest BCUT2D eigenvalue weighted by Gasteiger charge is -2.34. The van der Waals surface area contributed by atoms with Crippen LogP contribution in [0.25, 0.3) is 0 Å². The summed E-state index contributed by atoms with van der Waals surface area (Å²) in [7, 11) is 0. The van der Waals surface area contributed by atoms with Crippen molar-refractivity contribution in [1.29, 1.82) is 0 Å². The van der Waals surface area contributed by atoms with Crippen LogP contribution in [0.15, 0.2) is 0 Å². The third kappa shape index (κ3) is 4.15. The first-order chi connectivity index (χ1) is 6.90. The fraction of sp³-hybridized carbons (Fsp3) is 0.900. The molecule has 0 aromatic rings. The number of aliphatic hydroxyl groups is 1. The molecule has 1 saturated heterocycles. The van der Waals surface area contributed by atoms with Gasteiger partial charge in [0.05, 0.1) is 5.60 Å². The molecule has 1 atom stereocenters. The van der Waals surface area contributed by atoms with Crippen LogP contribution < -0.4 is 5.32 Å². The Kier molecular flexibility index (Phi) is 4.07. The molecule has 0 aromatic carbocycles. The third-order valence-electron chi connectivity index (χ3n) is 2.65. The Balaban J connectivity index is 2.46. The number of hydrogen-bond donors (Lipinski definition) is 3. The number of aliphatic carboxylic acids is 1. The first kappa shape index (κ1) is 12.4. The number of nitrogens with zero attached hydrogens (tertiary/aromatic N) is 1. The summed E-state index contributed by atoms with van der Waals surface area (Å²) in [5.41, 5.74) is -0.728. The van der Waals surface area contributed by atoms with Gasteiger partial charge in [0.15, 0.2) is 0 Å². The largest absolute Gasteiger partial charge is 0.480 e. The van der Waals surface area contributed by atoms with Gasteiger partial charge in [0.25, 0.3) is 0 Å². The molecule has 5 nitrogen and oxygen atoms in total. The van der Waals surface area contributed by atoms with Gasteiger partial charge in [-0.3, -0.25) is 9.69 Å². The van der Waals surface area contributed by atoms with E-state index in [2.05, 4.69) is 5.32 Å². The quantitative estimate of drug-likeness (QED) is 0.591. The van der Waals surface area contributed by atoms with Gasteiger partial charge in [-0.15, -0.1) is 0 Å². The van der Waals surface area contributed by atoms with Crippen molar-refractivity contribution in [2.45, 2.75) is 31.9 Å². The van der Waals surface area contributed by atoms with Crippen molar-refractivity contribution in [1.82, 2.24) is 10.2 Å². The molecule has 1 unspecified atom stereocenters. The molecule has 0 bridgehead atoms. The Morgan fingerprint density at radius 1 is 1.60 bits per heavy atom. The summed E-state index contributed by atoms with van der Waals surface area (Å²) in [4.78, 5) is 12.9. The molecular formula is C10H20N2O3. The highest BCUT2D eigenvalue weighted by molar-refractivity contribution is 5.73. The zero-order valence-electron chi connectivity index (χ0n) is 9.36. The van der Waals surface area contributed by atoms with E-state index in [9.17, 15) is 9.90 Å². The van der Waals surface area contributed by atoms with Gasteiger partial charge in [-0.05, 0) is 20.3 Å². The molecule has 0 spiro atoms. The zero-order chi connectivity index (χ0) is 11.5. The van der Waals surface area contributed by atoms with Crippen molar-refractivity contribution in [3.8, 4) is 0 Å². The van der Waals surface area contributed by atoms with Crippen LogP contribution in [0.3, 0.4) is 0 Å². The monoisotopic (exact) mass is 216 g/mol. The standard InChI is InChI=1S/C10H20N2O3/c1-10(2,15)3-5-12-6-4-11-7-8(12)9(13)14/h8,11,15H,3-7H2,1-2H3,(H,13,14). The van der Waals surface area contributed by atoms with Gasteiger partial charge in [0.1, 0.15) is 6.04 Å².